The Morgan fingerprint density at radius 3 is 2.57 bits per heavy atom. The first kappa shape index (κ1) is 10.2. The molecule has 14 heavy (non-hydrogen) atoms. The molecule has 0 saturated carbocycles. The summed E-state index contributed by atoms with van der Waals surface area (Å²) in [7, 11) is 0. The van der Waals surface area contributed by atoms with Crippen LogP contribution in [-0.4, -0.2) is 9.91 Å². The Hall–Kier alpha value is -1.86. The first-order chi connectivity index (χ1) is 6.45. The zero-order chi connectivity index (χ0) is 10.9. The molecular weight excluding hydrogens is 203 g/mol. The van der Waals surface area contributed by atoms with Crippen molar-refractivity contribution in [3.8, 4) is 0 Å². The third-order valence-corrected chi connectivity index (χ3v) is 1.44. The predicted octanol–water partition coefficient (Wildman–Crippen LogP) is 1.65. The smallest absolute Gasteiger partial charge is 0.334 e. The summed E-state index contributed by atoms with van der Waals surface area (Å²) in [4.78, 5) is 12.0. The van der Waals surface area contributed by atoms with E-state index >= 15 is 0 Å². The summed E-state index contributed by atoms with van der Waals surface area (Å²) in [6.07, 6.45) is -2.60. The van der Waals surface area contributed by atoms with Gasteiger partial charge in [0.1, 0.15) is 0 Å². The van der Waals surface area contributed by atoms with Gasteiger partial charge in [-0.3, -0.25) is 10.1 Å². The van der Waals surface area contributed by atoms with Crippen molar-refractivity contribution in [2.45, 2.75) is 6.43 Å². The quantitative estimate of drug-likeness (QED) is 0.590. The average molecular weight is 207 g/mol. The molecule has 0 aromatic carbocycles. The maximum absolute atomic E-state index is 12.9. The summed E-state index contributed by atoms with van der Waals surface area (Å²) in [5.74, 6) is -1.49. The molecule has 0 spiro atoms. The minimum absolute atomic E-state index is 0.615. The number of nitro groups is 1. The van der Waals surface area contributed by atoms with Gasteiger partial charge in [0.05, 0.1) is 16.8 Å². The molecular formula is C6H4F3N3O2. The van der Waals surface area contributed by atoms with Gasteiger partial charge >= 0.3 is 5.69 Å². The SMILES string of the molecule is Nc1cnc(C(F)F)c([N+](=O)[O-])c1F. The molecule has 0 bridgehead atoms. The molecule has 0 fully saturated rings. The summed E-state index contributed by atoms with van der Waals surface area (Å²) in [5.41, 5.74) is 1.71. The molecule has 1 aromatic heterocycles. The van der Waals surface area contributed by atoms with E-state index in [2.05, 4.69) is 4.98 Å². The van der Waals surface area contributed by atoms with Gasteiger partial charge in [-0.2, -0.15) is 4.39 Å². The zero-order valence-electron chi connectivity index (χ0n) is 6.58. The van der Waals surface area contributed by atoms with Gasteiger partial charge in [0.25, 0.3) is 6.43 Å². The Balaban J connectivity index is 3.45. The first-order valence-corrected chi connectivity index (χ1v) is 3.31. The van der Waals surface area contributed by atoms with Crippen LogP contribution in [0, 0.1) is 15.9 Å². The number of aromatic nitrogens is 1. The molecule has 8 heteroatoms. The highest BCUT2D eigenvalue weighted by Gasteiger charge is 2.29. The van der Waals surface area contributed by atoms with Crippen LogP contribution in [0.2, 0.25) is 0 Å². The molecule has 0 radical (unpaired) electrons. The molecule has 1 rings (SSSR count). The first-order valence-electron chi connectivity index (χ1n) is 3.31. The van der Waals surface area contributed by atoms with Crippen LogP contribution in [0.15, 0.2) is 6.20 Å². The minimum atomic E-state index is -3.22. The fourth-order valence-electron chi connectivity index (χ4n) is 0.839. The van der Waals surface area contributed by atoms with E-state index in [4.69, 9.17) is 5.73 Å². The van der Waals surface area contributed by atoms with E-state index < -0.39 is 34.2 Å². The lowest BCUT2D eigenvalue weighted by Gasteiger charge is -2.02. The summed E-state index contributed by atoms with van der Waals surface area (Å²) in [5, 5.41) is 10.2. The molecule has 0 atom stereocenters. The molecule has 0 amide bonds. The van der Waals surface area contributed by atoms with Crippen molar-refractivity contribution in [2.24, 2.45) is 0 Å². The summed E-state index contributed by atoms with van der Waals surface area (Å²) in [6.45, 7) is 0. The zero-order valence-corrected chi connectivity index (χ0v) is 6.58. The van der Waals surface area contributed by atoms with E-state index in [0.717, 1.165) is 0 Å². The van der Waals surface area contributed by atoms with Crippen molar-refractivity contribution in [3.63, 3.8) is 0 Å². The van der Waals surface area contributed by atoms with Gasteiger partial charge in [0.15, 0.2) is 5.69 Å². The maximum atomic E-state index is 12.9. The van der Waals surface area contributed by atoms with Crippen molar-refractivity contribution >= 4 is 11.4 Å². The highest BCUT2D eigenvalue weighted by molar-refractivity contribution is 5.50. The monoisotopic (exact) mass is 207 g/mol. The topological polar surface area (TPSA) is 82.0 Å². The number of hydrogen-bond acceptors (Lipinski definition) is 4. The minimum Gasteiger partial charge on any atom is -0.395 e. The predicted molar refractivity (Wildman–Crippen MR) is 40.2 cm³/mol. The summed E-state index contributed by atoms with van der Waals surface area (Å²) < 4.78 is 37.2. The molecule has 0 aliphatic rings. The second kappa shape index (κ2) is 3.48. The number of nitrogens with two attached hydrogens (primary N) is 1. The van der Waals surface area contributed by atoms with Crippen LogP contribution in [0.4, 0.5) is 24.5 Å². The van der Waals surface area contributed by atoms with Gasteiger partial charge in [-0.15, -0.1) is 0 Å². The molecule has 1 heterocycles. The Bertz CT molecular complexity index is 383. The second-order valence-electron chi connectivity index (χ2n) is 2.32. The van der Waals surface area contributed by atoms with E-state index in [0.29, 0.717) is 6.20 Å². The third kappa shape index (κ3) is 1.58. The van der Waals surface area contributed by atoms with Crippen LogP contribution in [0.25, 0.3) is 0 Å². The van der Waals surface area contributed by atoms with Crippen molar-refractivity contribution < 1.29 is 18.1 Å². The molecule has 2 N–H and O–H groups in total. The number of anilines is 1. The van der Waals surface area contributed by atoms with Gasteiger partial charge in [0, 0.05) is 0 Å². The van der Waals surface area contributed by atoms with Gasteiger partial charge < -0.3 is 5.73 Å². The van der Waals surface area contributed by atoms with Crippen LogP contribution >= 0.6 is 0 Å². The third-order valence-electron chi connectivity index (χ3n) is 1.44. The molecule has 0 unspecified atom stereocenters. The van der Waals surface area contributed by atoms with E-state index in [9.17, 15) is 23.3 Å². The van der Waals surface area contributed by atoms with Crippen molar-refractivity contribution in [1.82, 2.24) is 4.98 Å². The number of hydrogen-bond donors (Lipinski definition) is 1. The Kier molecular flexibility index (Phi) is 2.54. The summed E-state index contributed by atoms with van der Waals surface area (Å²) >= 11 is 0. The summed E-state index contributed by atoms with van der Waals surface area (Å²) in [6, 6.07) is 0. The molecule has 0 aliphatic heterocycles. The number of nitrogen functional groups attached to an aromatic ring is 1. The number of nitrogens with zero attached hydrogens (tertiary/aromatic N) is 2. The van der Waals surface area contributed by atoms with E-state index in [-0.39, 0.29) is 0 Å². The van der Waals surface area contributed by atoms with Gasteiger partial charge in [-0.1, -0.05) is 0 Å². The van der Waals surface area contributed by atoms with Crippen LogP contribution < -0.4 is 5.73 Å². The number of pyridine rings is 1. The Morgan fingerprint density at radius 1 is 1.57 bits per heavy atom. The maximum Gasteiger partial charge on any atom is 0.334 e. The van der Waals surface area contributed by atoms with E-state index in [1.807, 2.05) is 0 Å². The fourth-order valence-corrected chi connectivity index (χ4v) is 0.839. The van der Waals surface area contributed by atoms with Crippen LogP contribution in [0.3, 0.4) is 0 Å². The lowest BCUT2D eigenvalue weighted by Crippen LogP contribution is -2.05. The number of halogens is 3. The van der Waals surface area contributed by atoms with Gasteiger partial charge in [-0.25, -0.2) is 13.8 Å². The molecule has 5 nitrogen and oxygen atoms in total. The highest BCUT2D eigenvalue weighted by atomic mass is 19.3. The average Bonchev–Trinajstić information content (AvgIpc) is 2.08. The molecule has 1 aromatic rings. The van der Waals surface area contributed by atoms with Gasteiger partial charge in [0.2, 0.25) is 5.82 Å². The molecule has 0 saturated heterocycles. The van der Waals surface area contributed by atoms with Crippen LogP contribution in [0.5, 0.6) is 0 Å². The normalized spacial score (nSPS) is 10.6. The Labute approximate surface area is 75.5 Å². The van der Waals surface area contributed by atoms with Crippen LogP contribution in [-0.2, 0) is 0 Å². The number of alkyl halides is 2. The van der Waals surface area contributed by atoms with E-state index in [1.54, 1.807) is 0 Å². The standard InChI is InChI=1S/C6H4F3N3O2/c7-3-2(10)1-11-4(6(8)9)5(3)12(13)14/h1,6H,10H2. The van der Waals surface area contributed by atoms with Crippen molar-refractivity contribution in [2.75, 3.05) is 5.73 Å². The highest BCUT2D eigenvalue weighted by Crippen LogP contribution is 2.31. The molecule has 0 aliphatic carbocycles. The molecule has 76 valence electrons. The Morgan fingerprint density at radius 2 is 2.14 bits per heavy atom. The van der Waals surface area contributed by atoms with Crippen molar-refractivity contribution in [1.29, 1.82) is 0 Å². The van der Waals surface area contributed by atoms with E-state index in [1.165, 1.54) is 0 Å². The second-order valence-corrected chi connectivity index (χ2v) is 2.32. The fraction of sp³-hybridized carbons (Fsp3) is 0.167. The van der Waals surface area contributed by atoms with Crippen molar-refractivity contribution in [3.05, 3.63) is 27.8 Å². The number of rotatable bonds is 2. The van der Waals surface area contributed by atoms with Crippen LogP contribution in [0.1, 0.15) is 12.1 Å². The lowest BCUT2D eigenvalue weighted by atomic mass is 10.2. The lowest BCUT2D eigenvalue weighted by molar-refractivity contribution is -0.389. The van der Waals surface area contributed by atoms with Gasteiger partial charge in [-0.05, 0) is 0 Å². The largest absolute Gasteiger partial charge is 0.395 e.